The van der Waals surface area contributed by atoms with E-state index in [1.807, 2.05) is 25.3 Å². The van der Waals surface area contributed by atoms with Gasteiger partial charge in [-0.25, -0.2) is 0 Å². The summed E-state index contributed by atoms with van der Waals surface area (Å²) in [6.45, 7) is 5.15. The molecular weight excluding hydrogens is 438 g/mol. The number of carbonyl (C=O) groups excluding carboxylic acids is 1. The summed E-state index contributed by atoms with van der Waals surface area (Å²) in [5, 5.41) is 4.15. The summed E-state index contributed by atoms with van der Waals surface area (Å²) >= 11 is 6.58. The molecule has 33 heavy (non-hydrogen) atoms. The van der Waals surface area contributed by atoms with E-state index in [4.69, 9.17) is 21.1 Å². The maximum absolute atomic E-state index is 14.1. The van der Waals surface area contributed by atoms with E-state index in [2.05, 4.69) is 27.3 Å². The largest absolute Gasteiger partial charge is 0.384 e. The van der Waals surface area contributed by atoms with E-state index in [1.165, 1.54) is 5.56 Å². The molecule has 1 aromatic carbocycles. The number of halogens is 1. The summed E-state index contributed by atoms with van der Waals surface area (Å²) in [6, 6.07) is 8.48. The number of pyridine rings is 1. The van der Waals surface area contributed by atoms with Gasteiger partial charge in [0.1, 0.15) is 5.60 Å². The number of fused-ring (bicyclic) bond motifs is 2. The average Bonchev–Trinajstić information content (AvgIpc) is 3.61. The van der Waals surface area contributed by atoms with E-state index >= 15 is 0 Å². The van der Waals surface area contributed by atoms with Crippen LogP contribution >= 0.6 is 11.6 Å². The molecule has 1 aliphatic carbocycles. The van der Waals surface area contributed by atoms with Gasteiger partial charge in [-0.1, -0.05) is 23.7 Å². The molecule has 2 aliphatic heterocycles. The standard InChI is InChI=1S/C26H32ClN3O3/c1-17-11-22-20(13-29-17)16-33-26(22)8-9-28-14-23(26)25(31)30(21-4-5-21)15-19-12-18(7-10-32-2)3-6-24(19)27/h3,6,11-13,21,23,28H,4-5,7-10,14-16H2,1-2H3/t23-,26+/m1/s1. The van der Waals surface area contributed by atoms with Crippen molar-refractivity contribution in [1.29, 1.82) is 0 Å². The summed E-state index contributed by atoms with van der Waals surface area (Å²) in [7, 11) is 1.71. The highest BCUT2D eigenvalue weighted by Gasteiger charge is 2.53. The zero-order chi connectivity index (χ0) is 23.0. The van der Waals surface area contributed by atoms with Gasteiger partial charge in [-0.3, -0.25) is 9.78 Å². The van der Waals surface area contributed by atoms with Crippen molar-refractivity contribution < 1.29 is 14.3 Å². The van der Waals surface area contributed by atoms with Crippen molar-refractivity contribution >= 4 is 17.5 Å². The van der Waals surface area contributed by atoms with Gasteiger partial charge in [-0.05, 0) is 68.0 Å². The van der Waals surface area contributed by atoms with Crippen LogP contribution in [-0.4, -0.2) is 48.6 Å². The van der Waals surface area contributed by atoms with Crippen LogP contribution in [0.5, 0.6) is 0 Å². The Balaban J connectivity index is 1.44. The van der Waals surface area contributed by atoms with Crippen LogP contribution in [0.15, 0.2) is 30.5 Å². The van der Waals surface area contributed by atoms with E-state index in [1.54, 1.807) is 7.11 Å². The number of methoxy groups -OCH3 is 1. The summed E-state index contributed by atoms with van der Waals surface area (Å²) in [5.74, 6) is -0.115. The number of nitrogens with zero attached hydrogens (tertiary/aromatic N) is 2. The van der Waals surface area contributed by atoms with Crippen LogP contribution in [-0.2, 0) is 39.4 Å². The molecular formula is C26H32ClN3O3. The molecule has 1 saturated carbocycles. The monoisotopic (exact) mass is 469 g/mol. The zero-order valence-corrected chi connectivity index (χ0v) is 20.2. The zero-order valence-electron chi connectivity index (χ0n) is 19.4. The van der Waals surface area contributed by atoms with E-state index in [-0.39, 0.29) is 17.9 Å². The van der Waals surface area contributed by atoms with E-state index in [0.717, 1.165) is 54.6 Å². The van der Waals surface area contributed by atoms with Crippen molar-refractivity contribution in [2.24, 2.45) is 5.92 Å². The van der Waals surface area contributed by atoms with Crippen LogP contribution in [0, 0.1) is 12.8 Å². The molecule has 1 saturated heterocycles. The number of nitrogens with one attached hydrogen (secondary N) is 1. The van der Waals surface area contributed by atoms with Gasteiger partial charge in [0, 0.05) is 48.7 Å². The Bertz CT molecular complexity index is 1040. The SMILES string of the molecule is COCCc1ccc(Cl)c(CN(C(=O)[C@H]2CNCC[C@@]23OCc2cnc(C)cc23)C2CC2)c1. The average molecular weight is 470 g/mol. The first-order chi connectivity index (χ1) is 16.0. The molecule has 0 unspecified atom stereocenters. The Kier molecular flexibility index (Phi) is 6.45. The molecule has 1 spiro atoms. The second-order valence-corrected chi connectivity index (χ2v) is 9.94. The number of ether oxygens (including phenoxy) is 2. The van der Waals surface area contributed by atoms with Gasteiger partial charge in [-0.15, -0.1) is 0 Å². The first-order valence-electron chi connectivity index (χ1n) is 11.9. The van der Waals surface area contributed by atoms with Gasteiger partial charge in [0.05, 0.1) is 19.1 Å². The summed E-state index contributed by atoms with van der Waals surface area (Å²) in [5.41, 5.74) is 4.80. The molecule has 5 rings (SSSR count). The van der Waals surface area contributed by atoms with E-state index in [0.29, 0.717) is 31.3 Å². The Morgan fingerprint density at radius 1 is 1.36 bits per heavy atom. The number of hydrogen-bond acceptors (Lipinski definition) is 5. The normalized spacial score (nSPS) is 24.2. The minimum absolute atomic E-state index is 0.158. The Morgan fingerprint density at radius 3 is 3.00 bits per heavy atom. The molecule has 1 amide bonds. The minimum atomic E-state index is -0.581. The molecule has 1 N–H and O–H groups in total. The predicted molar refractivity (Wildman–Crippen MR) is 127 cm³/mol. The van der Waals surface area contributed by atoms with Crippen LogP contribution in [0.1, 0.15) is 47.2 Å². The number of aromatic nitrogens is 1. The van der Waals surface area contributed by atoms with Crippen molar-refractivity contribution in [2.45, 2.75) is 57.4 Å². The lowest BCUT2D eigenvalue weighted by molar-refractivity contribution is -0.157. The van der Waals surface area contributed by atoms with Gasteiger partial charge >= 0.3 is 0 Å². The molecule has 7 heteroatoms. The van der Waals surface area contributed by atoms with Crippen LogP contribution in [0.3, 0.4) is 0 Å². The highest BCUT2D eigenvalue weighted by Crippen LogP contribution is 2.47. The van der Waals surface area contributed by atoms with Crippen molar-refractivity contribution in [1.82, 2.24) is 15.2 Å². The van der Waals surface area contributed by atoms with Gasteiger partial charge in [-0.2, -0.15) is 0 Å². The number of aryl methyl sites for hydroxylation is 1. The smallest absolute Gasteiger partial charge is 0.230 e. The summed E-state index contributed by atoms with van der Waals surface area (Å²) in [6.07, 6.45) is 5.60. The van der Waals surface area contributed by atoms with Crippen molar-refractivity contribution in [2.75, 3.05) is 26.8 Å². The van der Waals surface area contributed by atoms with E-state index in [9.17, 15) is 4.79 Å². The Morgan fingerprint density at radius 2 is 2.21 bits per heavy atom. The van der Waals surface area contributed by atoms with Crippen LogP contribution < -0.4 is 5.32 Å². The molecule has 2 atom stereocenters. The first kappa shape index (κ1) is 22.8. The van der Waals surface area contributed by atoms with Gasteiger partial charge in [0.25, 0.3) is 0 Å². The first-order valence-corrected chi connectivity index (χ1v) is 12.3. The maximum Gasteiger partial charge on any atom is 0.230 e. The van der Waals surface area contributed by atoms with E-state index < -0.39 is 5.60 Å². The second-order valence-electron chi connectivity index (χ2n) is 9.53. The Hall–Kier alpha value is -1.99. The third kappa shape index (κ3) is 4.42. The van der Waals surface area contributed by atoms with Crippen LogP contribution in [0.25, 0.3) is 0 Å². The number of piperidine rings is 1. The lowest BCUT2D eigenvalue weighted by atomic mass is 9.75. The maximum atomic E-state index is 14.1. The molecule has 6 nitrogen and oxygen atoms in total. The minimum Gasteiger partial charge on any atom is -0.384 e. The fourth-order valence-corrected chi connectivity index (χ4v) is 5.48. The van der Waals surface area contributed by atoms with Crippen molar-refractivity contribution in [3.63, 3.8) is 0 Å². The molecule has 3 heterocycles. The van der Waals surface area contributed by atoms with Crippen molar-refractivity contribution in [3.05, 3.63) is 63.4 Å². The number of benzene rings is 1. The number of carbonyl (C=O) groups is 1. The molecule has 0 bridgehead atoms. The topological polar surface area (TPSA) is 63.7 Å². The predicted octanol–water partition coefficient (Wildman–Crippen LogP) is 3.76. The molecule has 3 aliphatic rings. The molecule has 2 aromatic rings. The fourth-order valence-electron chi connectivity index (χ4n) is 5.30. The molecule has 176 valence electrons. The highest BCUT2D eigenvalue weighted by atomic mass is 35.5. The number of rotatable bonds is 7. The lowest BCUT2D eigenvalue weighted by Gasteiger charge is -2.43. The number of hydrogen-bond donors (Lipinski definition) is 1. The molecule has 2 fully saturated rings. The summed E-state index contributed by atoms with van der Waals surface area (Å²) in [4.78, 5) is 20.6. The summed E-state index contributed by atoms with van der Waals surface area (Å²) < 4.78 is 11.7. The molecule has 1 aromatic heterocycles. The van der Waals surface area contributed by atoms with Crippen LogP contribution in [0.4, 0.5) is 0 Å². The Labute approximate surface area is 200 Å². The van der Waals surface area contributed by atoms with Gasteiger partial charge < -0.3 is 19.7 Å². The quantitative estimate of drug-likeness (QED) is 0.669. The molecule has 0 radical (unpaired) electrons. The van der Waals surface area contributed by atoms with Gasteiger partial charge in [0.2, 0.25) is 5.91 Å². The van der Waals surface area contributed by atoms with Crippen LogP contribution in [0.2, 0.25) is 5.02 Å². The number of amides is 1. The van der Waals surface area contributed by atoms with Crippen molar-refractivity contribution in [3.8, 4) is 0 Å². The second kappa shape index (κ2) is 9.34. The van der Waals surface area contributed by atoms with Gasteiger partial charge in [0.15, 0.2) is 0 Å². The highest BCUT2D eigenvalue weighted by molar-refractivity contribution is 6.31. The lowest BCUT2D eigenvalue weighted by Crippen LogP contribution is -2.55. The third-order valence-electron chi connectivity index (χ3n) is 7.26. The fraction of sp³-hybridized carbons (Fsp3) is 0.538. The third-order valence-corrected chi connectivity index (χ3v) is 7.63.